The van der Waals surface area contributed by atoms with Gasteiger partial charge in [0, 0.05) is 0 Å². The molecule has 1 atom stereocenters. The fourth-order valence-corrected chi connectivity index (χ4v) is 2.05. The molecule has 3 nitrogen and oxygen atoms in total. The third kappa shape index (κ3) is 2.99. The summed E-state index contributed by atoms with van der Waals surface area (Å²) in [5.74, 6) is 0.469. The van der Waals surface area contributed by atoms with Gasteiger partial charge in [-0.2, -0.15) is 0 Å². The fraction of sp³-hybridized carbons (Fsp3) is 0.235. The monoisotopic (exact) mass is 270 g/mol. The van der Waals surface area contributed by atoms with Gasteiger partial charge in [0.25, 0.3) is 0 Å². The van der Waals surface area contributed by atoms with Gasteiger partial charge < -0.3 is 9.84 Å². The van der Waals surface area contributed by atoms with Crippen molar-refractivity contribution in [3.63, 3.8) is 0 Å². The number of ether oxygens (including phenoxy) is 1. The van der Waals surface area contributed by atoms with E-state index in [0.29, 0.717) is 11.7 Å². The molecule has 0 amide bonds. The van der Waals surface area contributed by atoms with Gasteiger partial charge in [-0.25, -0.2) is 4.79 Å². The predicted molar refractivity (Wildman–Crippen MR) is 78.6 cm³/mol. The lowest BCUT2D eigenvalue weighted by Crippen LogP contribution is -2.01. The zero-order valence-corrected chi connectivity index (χ0v) is 11.7. The molecule has 0 saturated carbocycles. The Kier molecular flexibility index (Phi) is 4.41. The van der Waals surface area contributed by atoms with E-state index >= 15 is 0 Å². The number of rotatable bonds is 5. The number of para-hydroxylation sites is 2. The number of carbonyl (C=O) groups is 1. The summed E-state index contributed by atoms with van der Waals surface area (Å²) in [5, 5.41) is 9.19. The summed E-state index contributed by atoms with van der Waals surface area (Å²) in [6.45, 7) is 4.25. The molecule has 1 unspecified atom stereocenters. The Balaban J connectivity index is 2.38. The van der Waals surface area contributed by atoms with Gasteiger partial charge in [0.2, 0.25) is 0 Å². The lowest BCUT2D eigenvalue weighted by atomic mass is 9.98. The minimum Gasteiger partial charge on any atom is -0.478 e. The number of benzene rings is 2. The summed E-state index contributed by atoms with van der Waals surface area (Å²) in [5.41, 5.74) is 1.27. The molecule has 0 fully saturated rings. The van der Waals surface area contributed by atoms with Crippen molar-refractivity contribution in [2.75, 3.05) is 0 Å². The van der Waals surface area contributed by atoms with E-state index in [9.17, 15) is 9.90 Å². The molecule has 0 aliphatic heterocycles. The Morgan fingerprint density at radius 2 is 1.70 bits per heavy atom. The smallest absolute Gasteiger partial charge is 0.339 e. The highest BCUT2D eigenvalue weighted by Gasteiger charge is 2.14. The molecule has 20 heavy (non-hydrogen) atoms. The van der Waals surface area contributed by atoms with Crippen molar-refractivity contribution in [1.82, 2.24) is 0 Å². The lowest BCUT2D eigenvalue weighted by molar-refractivity contribution is 0.0694. The van der Waals surface area contributed by atoms with E-state index in [1.54, 1.807) is 24.3 Å². The molecular formula is C17H18O3. The van der Waals surface area contributed by atoms with Crippen LogP contribution < -0.4 is 4.74 Å². The fourth-order valence-electron chi connectivity index (χ4n) is 2.05. The first-order chi connectivity index (χ1) is 9.63. The maximum Gasteiger partial charge on any atom is 0.339 e. The second-order valence-electron chi connectivity index (χ2n) is 4.75. The first kappa shape index (κ1) is 14.1. The molecule has 3 heteroatoms. The van der Waals surface area contributed by atoms with E-state index in [1.165, 1.54) is 0 Å². The van der Waals surface area contributed by atoms with Crippen molar-refractivity contribution in [2.45, 2.75) is 26.2 Å². The summed E-state index contributed by atoms with van der Waals surface area (Å²) in [6, 6.07) is 14.4. The predicted octanol–water partition coefficient (Wildman–Crippen LogP) is 4.69. The highest BCUT2D eigenvalue weighted by atomic mass is 16.5. The topological polar surface area (TPSA) is 46.5 Å². The van der Waals surface area contributed by atoms with Gasteiger partial charge in [0.05, 0.1) is 0 Å². The molecule has 2 aromatic carbocycles. The number of carboxylic acid groups (broad SMARTS) is 1. The summed E-state index contributed by atoms with van der Waals surface area (Å²) in [6.07, 6.45) is 1.00. The zero-order chi connectivity index (χ0) is 14.5. The molecule has 2 rings (SSSR count). The van der Waals surface area contributed by atoms with Crippen LogP contribution in [-0.2, 0) is 0 Å². The van der Waals surface area contributed by atoms with E-state index in [2.05, 4.69) is 13.8 Å². The summed E-state index contributed by atoms with van der Waals surface area (Å²) in [4.78, 5) is 11.2. The van der Waals surface area contributed by atoms with Crippen molar-refractivity contribution < 1.29 is 14.6 Å². The van der Waals surface area contributed by atoms with Crippen molar-refractivity contribution in [2.24, 2.45) is 0 Å². The van der Waals surface area contributed by atoms with Gasteiger partial charge in [-0.1, -0.05) is 44.2 Å². The van der Waals surface area contributed by atoms with Gasteiger partial charge in [0.1, 0.15) is 17.1 Å². The maximum absolute atomic E-state index is 11.2. The van der Waals surface area contributed by atoms with Crippen LogP contribution in [0, 0.1) is 0 Å². The molecule has 0 saturated heterocycles. The normalized spacial score (nSPS) is 11.9. The van der Waals surface area contributed by atoms with Gasteiger partial charge in [-0.05, 0) is 36.1 Å². The third-order valence-electron chi connectivity index (χ3n) is 3.40. The summed E-state index contributed by atoms with van der Waals surface area (Å²) in [7, 11) is 0. The van der Waals surface area contributed by atoms with Gasteiger partial charge >= 0.3 is 5.97 Å². The van der Waals surface area contributed by atoms with Crippen LogP contribution in [0.4, 0.5) is 0 Å². The minimum atomic E-state index is -0.985. The Morgan fingerprint density at radius 1 is 1.10 bits per heavy atom. The van der Waals surface area contributed by atoms with E-state index in [1.807, 2.05) is 24.3 Å². The van der Waals surface area contributed by atoms with Crippen LogP contribution in [0.15, 0.2) is 48.5 Å². The molecule has 0 spiro atoms. The number of aromatic carboxylic acids is 1. The molecule has 2 aromatic rings. The van der Waals surface area contributed by atoms with E-state index < -0.39 is 5.97 Å². The van der Waals surface area contributed by atoms with Gasteiger partial charge in [0.15, 0.2) is 0 Å². The van der Waals surface area contributed by atoms with Gasteiger partial charge in [-0.3, -0.25) is 0 Å². The third-order valence-corrected chi connectivity index (χ3v) is 3.40. The second-order valence-corrected chi connectivity index (χ2v) is 4.75. The second kappa shape index (κ2) is 6.24. The van der Waals surface area contributed by atoms with Crippen LogP contribution in [0.1, 0.15) is 42.1 Å². The molecule has 0 radical (unpaired) electrons. The van der Waals surface area contributed by atoms with Crippen LogP contribution in [0.25, 0.3) is 0 Å². The Labute approximate surface area is 118 Å². The molecule has 104 valence electrons. The van der Waals surface area contributed by atoms with Crippen LogP contribution in [-0.4, -0.2) is 11.1 Å². The van der Waals surface area contributed by atoms with Gasteiger partial charge in [-0.15, -0.1) is 0 Å². The van der Waals surface area contributed by atoms with Crippen LogP contribution in [0.5, 0.6) is 11.5 Å². The van der Waals surface area contributed by atoms with E-state index in [-0.39, 0.29) is 5.56 Å². The summed E-state index contributed by atoms with van der Waals surface area (Å²) >= 11 is 0. The molecule has 0 heterocycles. The van der Waals surface area contributed by atoms with E-state index in [0.717, 1.165) is 17.7 Å². The lowest BCUT2D eigenvalue weighted by Gasteiger charge is -2.16. The highest BCUT2D eigenvalue weighted by molar-refractivity contribution is 5.90. The largest absolute Gasteiger partial charge is 0.478 e. The van der Waals surface area contributed by atoms with Crippen molar-refractivity contribution in [1.29, 1.82) is 0 Å². The Bertz CT molecular complexity index is 605. The number of carboxylic acids is 1. The molecule has 0 aliphatic rings. The number of hydrogen-bond acceptors (Lipinski definition) is 2. The maximum atomic E-state index is 11.2. The Morgan fingerprint density at radius 3 is 2.35 bits per heavy atom. The quantitative estimate of drug-likeness (QED) is 0.857. The van der Waals surface area contributed by atoms with Crippen molar-refractivity contribution in [3.8, 4) is 11.5 Å². The summed E-state index contributed by atoms with van der Waals surface area (Å²) < 4.78 is 5.84. The first-order valence-corrected chi connectivity index (χ1v) is 6.72. The molecule has 1 N–H and O–H groups in total. The molecule has 0 bridgehead atoms. The SMILES string of the molecule is CCC(C)c1ccccc1Oc1ccccc1C(=O)O. The average Bonchev–Trinajstić information content (AvgIpc) is 2.47. The first-order valence-electron chi connectivity index (χ1n) is 6.72. The van der Waals surface area contributed by atoms with Crippen LogP contribution in [0.3, 0.4) is 0 Å². The standard InChI is InChI=1S/C17H18O3/c1-3-12(2)13-8-4-6-10-15(13)20-16-11-7-5-9-14(16)17(18)19/h4-12H,3H2,1-2H3,(H,18,19). The van der Waals surface area contributed by atoms with Crippen LogP contribution in [0.2, 0.25) is 0 Å². The highest BCUT2D eigenvalue weighted by Crippen LogP contribution is 2.33. The average molecular weight is 270 g/mol. The Hall–Kier alpha value is -2.29. The van der Waals surface area contributed by atoms with E-state index in [4.69, 9.17) is 4.74 Å². The minimum absolute atomic E-state index is 0.173. The zero-order valence-electron chi connectivity index (χ0n) is 11.7. The number of hydrogen-bond donors (Lipinski definition) is 1. The van der Waals surface area contributed by atoms with Crippen molar-refractivity contribution in [3.05, 3.63) is 59.7 Å². The molecule has 0 aliphatic carbocycles. The molecule has 0 aromatic heterocycles. The molecular weight excluding hydrogens is 252 g/mol. The van der Waals surface area contributed by atoms with Crippen LogP contribution >= 0.6 is 0 Å². The van der Waals surface area contributed by atoms with Crippen molar-refractivity contribution >= 4 is 5.97 Å².